The van der Waals surface area contributed by atoms with Crippen LogP contribution in [0.25, 0.3) is 0 Å². The van der Waals surface area contributed by atoms with Crippen molar-refractivity contribution in [3.63, 3.8) is 0 Å². The van der Waals surface area contributed by atoms with E-state index in [4.69, 9.17) is 4.42 Å². The third-order valence-electron chi connectivity index (χ3n) is 1.85. The molecule has 0 aliphatic heterocycles. The number of nitrogens with one attached hydrogen (secondary N) is 2. The molecular weight excluding hydrogens is 180 g/mol. The summed E-state index contributed by atoms with van der Waals surface area (Å²) in [6, 6.07) is 0.520. The first-order valence-corrected chi connectivity index (χ1v) is 5.07. The lowest BCUT2D eigenvalue weighted by atomic mass is 10.2. The second-order valence-corrected chi connectivity index (χ2v) is 3.17. The zero-order valence-electron chi connectivity index (χ0n) is 8.84. The summed E-state index contributed by atoms with van der Waals surface area (Å²) in [4.78, 5) is 0. The van der Waals surface area contributed by atoms with Crippen molar-refractivity contribution in [2.45, 2.75) is 32.7 Å². The van der Waals surface area contributed by atoms with Crippen molar-refractivity contribution in [3.05, 3.63) is 5.89 Å². The summed E-state index contributed by atoms with van der Waals surface area (Å²) in [5.41, 5.74) is 0. The smallest absolute Gasteiger partial charge is 0.315 e. The van der Waals surface area contributed by atoms with Gasteiger partial charge in [0.15, 0.2) is 0 Å². The van der Waals surface area contributed by atoms with E-state index in [0.717, 1.165) is 13.0 Å². The summed E-state index contributed by atoms with van der Waals surface area (Å²) >= 11 is 0. The van der Waals surface area contributed by atoms with E-state index in [1.807, 2.05) is 7.05 Å². The van der Waals surface area contributed by atoms with Gasteiger partial charge in [-0.05, 0) is 13.5 Å². The van der Waals surface area contributed by atoms with Crippen molar-refractivity contribution in [2.75, 3.05) is 18.9 Å². The van der Waals surface area contributed by atoms with Crippen LogP contribution in [0.1, 0.15) is 32.1 Å². The molecule has 1 heterocycles. The molecule has 5 nitrogen and oxygen atoms in total. The first-order valence-electron chi connectivity index (χ1n) is 5.07. The number of hydrogen-bond donors (Lipinski definition) is 2. The van der Waals surface area contributed by atoms with E-state index in [1.165, 1.54) is 12.8 Å². The molecule has 0 amide bonds. The first-order chi connectivity index (χ1) is 6.86. The zero-order chi connectivity index (χ0) is 10.2. The predicted molar refractivity (Wildman–Crippen MR) is 55.1 cm³/mol. The molecule has 1 rings (SSSR count). The lowest BCUT2D eigenvalue weighted by Crippen LogP contribution is -2.04. The lowest BCUT2D eigenvalue weighted by molar-refractivity contribution is 0.488. The quantitative estimate of drug-likeness (QED) is 0.648. The van der Waals surface area contributed by atoms with E-state index in [1.54, 1.807) is 0 Å². The topological polar surface area (TPSA) is 63.0 Å². The molecule has 5 heteroatoms. The van der Waals surface area contributed by atoms with Gasteiger partial charge >= 0.3 is 6.01 Å². The Balaban J connectivity index is 2.22. The van der Waals surface area contributed by atoms with Crippen molar-refractivity contribution in [1.29, 1.82) is 0 Å². The summed E-state index contributed by atoms with van der Waals surface area (Å²) in [7, 11) is 1.85. The number of rotatable bonds is 7. The van der Waals surface area contributed by atoms with Gasteiger partial charge < -0.3 is 15.1 Å². The van der Waals surface area contributed by atoms with Crippen LogP contribution in [0.3, 0.4) is 0 Å². The molecule has 0 bridgehead atoms. The second kappa shape index (κ2) is 6.37. The third kappa shape index (κ3) is 3.74. The fourth-order valence-corrected chi connectivity index (χ4v) is 1.12. The Labute approximate surface area is 84.3 Å². The van der Waals surface area contributed by atoms with Crippen LogP contribution in [0.15, 0.2) is 4.42 Å². The van der Waals surface area contributed by atoms with Gasteiger partial charge in [0.1, 0.15) is 0 Å². The number of aromatic nitrogens is 2. The van der Waals surface area contributed by atoms with Gasteiger partial charge in [-0.2, -0.15) is 0 Å². The zero-order valence-corrected chi connectivity index (χ0v) is 8.84. The number of unbranched alkanes of at least 4 members (excludes halogenated alkanes) is 2. The fourth-order valence-electron chi connectivity index (χ4n) is 1.12. The van der Waals surface area contributed by atoms with E-state index in [0.29, 0.717) is 18.5 Å². The number of anilines is 1. The molecule has 0 aliphatic rings. The molecule has 14 heavy (non-hydrogen) atoms. The van der Waals surface area contributed by atoms with Gasteiger partial charge in [0.25, 0.3) is 0 Å². The minimum Gasteiger partial charge on any atom is -0.407 e. The lowest BCUT2D eigenvalue weighted by Gasteiger charge is -1.98. The van der Waals surface area contributed by atoms with Gasteiger partial charge in [-0.1, -0.05) is 24.9 Å². The molecule has 0 saturated carbocycles. The van der Waals surface area contributed by atoms with E-state index in [9.17, 15) is 0 Å². The standard InChI is InChI=1S/C9H18N4O/c1-3-4-5-6-11-9-13-12-8(14-9)7-10-2/h10H,3-7H2,1-2H3,(H,11,13). The van der Waals surface area contributed by atoms with E-state index < -0.39 is 0 Å². The predicted octanol–water partition coefficient (Wildman–Crippen LogP) is 1.39. The molecule has 80 valence electrons. The minimum absolute atomic E-state index is 0.520. The Hall–Kier alpha value is -1.10. The Morgan fingerprint density at radius 2 is 2.14 bits per heavy atom. The van der Waals surface area contributed by atoms with E-state index >= 15 is 0 Å². The monoisotopic (exact) mass is 198 g/mol. The molecule has 0 aliphatic carbocycles. The van der Waals surface area contributed by atoms with Gasteiger partial charge in [0, 0.05) is 6.54 Å². The molecule has 0 spiro atoms. The van der Waals surface area contributed by atoms with Crippen LogP contribution in [0.5, 0.6) is 0 Å². The maximum Gasteiger partial charge on any atom is 0.315 e. The van der Waals surface area contributed by atoms with Gasteiger partial charge in [-0.25, -0.2) is 0 Å². The van der Waals surface area contributed by atoms with E-state index in [2.05, 4.69) is 27.8 Å². The number of hydrogen-bond acceptors (Lipinski definition) is 5. The summed E-state index contributed by atoms with van der Waals surface area (Å²) in [5.74, 6) is 0.616. The van der Waals surface area contributed by atoms with Crippen molar-refractivity contribution in [2.24, 2.45) is 0 Å². The van der Waals surface area contributed by atoms with Gasteiger partial charge in [-0.3, -0.25) is 0 Å². The molecule has 1 aromatic heterocycles. The molecule has 0 radical (unpaired) electrons. The summed E-state index contributed by atoms with van der Waals surface area (Å²) in [5, 5.41) is 13.8. The van der Waals surface area contributed by atoms with Crippen LogP contribution in [0.2, 0.25) is 0 Å². The molecular formula is C9H18N4O. The fraction of sp³-hybridized carbons (Fsp3) is 0.778. The second-order valence-electron chi connectivity index (χ2n) is 3.17. The highest BCUT2D eigenvalue weighted by Gasteiger charge is 2.02. The molecule has 0 fully saturated rings. The maximum atomic E-state index is 5.31. The van der Waals surface area contributed by atoms with Crippen molar-refractivity contribution < 1.29 is 4.42 Å². The van der Waals surface area contributed by atoms with Crippen LogP contribution in [0, 0.1) is 0 Å². The summed E-state index contributed by atoms with van der Waals surface area (Å²) < 4.78 is 5.31. The average molecular weight is 198 g/mol. The van der Waals surface area contributed by atoms with Crippen molar-refractivity contribution >= 4 is 6.01 Å². The molecule has 0 saturated heterocycles. The highest BCUT2D eigenvalue weighted by molar-refractivity contribution is 5.16. The molecule has 1 aromatic rings. The average Bonchev–Trinajstić information content (AvgIpc) is 2.61. The van der Waals surface area contributed by atoms with Gasteiger partial charge in [0.05, 0.1) is 6.54 Å². The molecule has 0 aromatic carbocycles. The van der Waals surface area contributed by atoms with Crippen LogP contribution in [0.4, 0.5) is 6.01 Å². The van der Waals surface area contributed by atoms with Gasteiger partial charge in [0.2, 0.25) is 5.89 Å². The normalized spacial score (nSPS) is 10.4. The first kappa shape index (κ1) is 11.0. The third-order valence-corrected chi connectivity index (χ3v) is 1.85. The summed E-state index contributed by atoms with van der Waals surface area (Å²) in [6.07, 6.45) is 3.58. The Morgan fingerprint density at radius 1 is 1.29 bits per heavy atom. The van der Waals surface area contributed by atoms with Crippen LogP contribution in [-0.4, -0.2) is 23.8 Å². The van der Waals surface area contributed by atoms with Crippen molar-refractivity contribution in [3.8, 4) is 0 Å². The Kier molecular flexibility index (Phi) is 4.99. The molecule has 2 N–H and O–H groups in total. The molecule has 0 atom stereocenters. The van der Waals surface area contributed by atoms with Crippen LogP contribution < -0.4 is 10.6 Å². The van der Waals surface area contributed by atoms with E-state index in [-0.39, 0.29) is 0 Å². The van der Waals surface area contributed by atoms with Crippen LogP contribution in [-0.2, 0) is 6.54 Å². The Morgan fingerprint density at radius 3 is 2.86 bits per heavy atom. The highest BCUT2D eigenvalue weighted by atomic mass is 16.4. The Bertz CT molecular complexity index is 249. The molecule has 0 unspecified atom stereocenters. The maximum absolute atomic E-state index is 5.31. The van der Waals surface area contributed by atoms with Crippen LogP contribution >= 0.6 is 0 Å². The van der Waals surface area contributed by atoms with Gasteiger partial charge in [-0.15, -0.1) is 5.10 Å². The minimum atomic E-state index is 0.520. The largest absolute Gasteiger partial charge is 0.407 e. The van der Waals surface area contributed by atoms with Crippen molar-refractivity contribution in [1.82, 2.24) is 15.5 Å². The SMILES string of the molecule is CCCCCNc1nnc(CNC)o1. The number of nitrogens with zero attached hydrogens (tertiary/aromatic N) is 2. The summed E-state index contributed by atoms with van der Waals surface area (Å²) in [6.45, 7) is 3.69. The highest BCUT2D eigenvalue weighted by Crippen LogP contribution is 2.05.